The molecule has 1 fully saturated rings. The average Bonchev–Trinajstić information content (AvgIpc) is 3.39. The van der Waals surface area contributed by atoms with Gasteiger partial charge >= 0.3 is 6.09 Å². The first-order chi connectivity index (χ1) is 23.0. The van der Waals surface area contributed by atoms with E-state index in [1.807, 2.05) is 91.8 Å². The maximum Gasteiger partial charge on any atom is 0.407 e. The van der Waals surface area contributed by atoms with Crippen LogP contribution in [0.5, 0.6) is 5.75 Å². The van der Waals surface area contributed by atoms with E-state index in [9.17, 15) is 9.59 Å². The number of carbonyl (C=O) groups is 2. The molecular weight excluding hydrogens is 628 g/mol. The van der Waals surface area contributed by atoms with Crippen molar-refractivity contribution in [1.29, 1.82) is 0 Å². The van der Waals surface area contributed by atoms with Crippen LogP contribution in [0.15, 0.2) is 71.7 Å². The lowest BCUT2D eigenvalue weighted by atomic mass is 9.88. The van der Waals surface area contributed by atoms with Gasteiger partial charge in [-0.05, 0) is 87.9 Å². The summed E-state index contributed by atoms with van der Waals surface area (Å²) >= 11 is 6.24. The number of rotatable bonds is 7. The Labute approximate surface area is 286 Å². The summed E-state index contributed by atoms with van der Waals surface area (Å²) in [7, 11) is 1.64. The van der Waals surface area contributed by atoms with Gasteiger partial charge in [0.05, 0.1) is 24.9 Å². The zero-order valence-corrected chi connectivity index (χ0v) is 28.8. The molecule has 250 valence electrons. The summed E-state index contributed by atoms with van der Waals surface area (Å²) in [6, 6.07) is 21.2. The quantitative estimate of drug-likeness (QED) is 0.228. The number of hydrogen-bond acceptors (Lipinski definition) is 7. The largest absolute Gasteiger partial charge is 0.497 e. The topological polar surface area (TPSA) is 111 Å². The second-order valence-corrected chi connectivity index (χ2v) is 13.7. The molecule has 0 spiro atoms. The Morgan fingerprint density at radius 1 is 1.00 bits per heavy atom. The van der Waals surface area contributed by atoms with Crippen LogP contribution in [0.3, 0.4) is 0 Å². The Morgan fingerprint density at radius 2 is 1.75 bits per heavy atom. The van der Waals surface area contributed by atoms with Crippen LogP contribution in [0.1, 0.15) is 85.9 Å². The van der Waals surface area contributed by atoms with E-state index in [0.717, 1.165) is 40.9 Å². The molecule has 3 heterocycles. The van der Waals surface area contributed by atoms with Gasteiger partial charge < -0.3 is 19.7 Å². The Hall–Kier alpha value is -4.70. The zero-order chi connectivity index (χ0) is 34.0. The number of piperidine rings is 1. The number of amides is 2. The van der Waals surface area contributed by atoms with Gasteiger partial charge in [0, 0.05) is 35.8 Å². The first kappa shape index (κ1) is 33.2. The van der Waals surface area contributed by atoms with E-state index in [2.05, 4.69) is 27.6 Å². The number of aryl methyl sites for hydroxylation is 1. The number of carbonyl (C=O) groups excluding carboxylic acids is 2. The van der Waals surface area contributed by atoms with E-state index in [1.54, 1.807) is 7.11 Å². The van der Waals surface area contributed by atoms with Crippen molar-refractivity contribution in [3.63, 3.8) is 0 Å². The molecule has 1 aromatic heterocycles. The van der Waals surface area contributed by atoms with Gasteiger partial charge in [-0.1, -0.05) is 48.0 Å². The highest BCUT2D eigenvalue weighted by Gasteiger charge is 2.32. The fourth-order valence-corrected chi connectivity index (χ4v) is 6.50. The van der Waals surface area contributed by atoms with Gasteiger partial charge in [0.2, 0.25) is 5.91 Å². The van der Waals surface area contributed by atoms with E-state index in [4.69, 9.17) is 26.1 Å². The van der Waals surface area contributed by atoms with E-state index in [0.29, 0.717) is 48.0 Å². The maximum absolute atomic E-state index is 13.9. The zero-order valence-electron chi connectivity index (χ0n) is 28.0. The molecule has 2 aliphatic rings. The Balaban J connectivity index is 1.18. The minimum atomic E-state index is -0.547. The van der Waals surface area contributed by atoms with Gasteiger partial charge in [-0.3, -0.25) is 14.4 Å². The predicted octanol–water partition coefficient (Wildman–Crippen LogP) is 6.95. The highest BCUT2D eigenvalue weighted by Crippen LogP contribution is 2.36. The SMILES string of the molecule is COc1ccc2c(c1)C(c1ccc(Cl)cc1)=N[C@@H](CC(=O)N1CCC(c3cccc(CNC(=O)OC(C)(C)C)c3)CC1)c1nnc(C)n1-2. The standard InChI is InChI=1S/C37H41ClN6O4/c1-23-41-42-35-31(40-34(26-9-11-28(38)12-10-26)30-20-29(47-5)13-14-32(30)44(23)35)21-33(45)43-17-15-25(16-18-43)27-8-6-7-24(19-27)22-39-36(46)48-37(2,3)4/h6-14,19-20,25,31H,15-18,21-22H2,1-5H3,(H,39,46)/t31-/m0/s1. The third-order valence-corrected chi connectivity index (χ3v) is 8.98. The molecule has 4 aromatic rings. The van der Waals surface area contributed by atoms with Crippen LogP contribution in [0.2, 0.25) is 5.02 Å². The van der Waals surface area contributed by atoms with Crippen molar-refractivity contribution in [2.75, 3.05) is 20.2 Å². The van der Waals surface area contributed by atoms with Crippen LogP contribution in [0, 0.1) is 6.92 Å². The molecule has 3 aromatic carbocycles. The van der Waals surface area contributed by atoms with Gasteiger partial charge in [-0.25, -0.2) is 4.79 Å². The first-order valence-corrected chi connectivity index (χ1v) is 16.6. The number of likely N-dealkylation sites (tertiary alicyclic amines) is 1. The number of benzene rings is 3. The molecule has 48 heavy (non-hydrogen) atoms. The van der Waals surface area contributed by atoms with E-state index >= 15 is 0 Å². The molecule has 1 atom stereocenters. The average molecular weight is 669 g/mol. The smallest absolute Gasteiger partial charge is 0.407 e. The molecule has 6 rings (SSSR count). The number of aliphatic imine (C=N–C) groups is 1. The number of fused-ring (bicyclic) bond motifs is 3. The second kappa shape index (κ2) is 13.8. The number of aromatic nitrogens is 3. The Kier molecular flexibility index (Phi) is 9.55. The number of halogens is 1. The predicted molar refractivity (Wildman–Crippen MR) is 185 cm³/mol. The van der Waals surface area contributed by atoms with Gasteiger partial charge in [-0.15, -0.1) is 10.2 Å². The van der Waals surface area contributed by atoms with Crippen LogP contribution in [-0.2, 0) is 16.1 Å². The Morgan fingerprint density at radius 3 is 2.46 bits per heavy atom. The lowest BCUT2D eigenvalue weighted by molar-refractivity contribution is -0.132. The first-order valence-electron chi connectivity index (χ1n) is 16.3. The fraction of sp³-hybridized carbons (Fsp3) is 0.378. The minimum absolute atomic E-state index is 0.0312. The molecule has 0 radical (unpaired) electrons. The summed E-state index contributed by atoms with van der Waals surface area (Å²) < 4.78 is 12.9. The number of methoxy groups -OCH3 is 1. The molecule has 10 nitrogen and oxygen atoms in total. The molecule has 2 amide bonds. The number of ether oxygens (including phenoxy) is 2. The van der Waals surface area contributed by atoms with Crippen molar-refractivity contribution in [3.8, 4) is 11.4 Å². The molecule has 1 N–H and O–H groups in total. The van der Waals surface area contributed by atoms with Crippen LogP contribution in [0.25, 0.3) is 5.69 Å². The van der Waals surface area contributed by atoms with Crippen molar-refractivity contribution in [3.05, 3.63) is 106 Å². The second-order valence-electron chi connectivity index (χ2n) is 13.3. The van der Waals surface area contributed by atoms with Crippen LogP contribution >= 0.6 is 11.6 Å². The molecular formula is C37H41ClN6O4. The third-order valence-electron chi connectivity index (χ3n) is 8.72. The molecule has 1 saturated heterocycles. The van der Waals surface area contributed by atoms with Crippen molar-refractivity contribution < 1.29 is 19.1 Å². The number of nitrogens with zero attached hydrogens (tertiary/aromatic N) is 5. The Bertz CT molecular complexity index is 1840. The summed E-state index contributed by atoms with van der Waals surface area (Å²) in [6.45, 7) is 9.12. The van der Waals surface area contributed by atoms with Crippen molar-refractivity contribution in [2.45, 2.75) is 71.1 Å². The molecule has 0 aliphatic carbocycles. The fourth-order valence-electron chi connectivity index (χ4n) is 6.38. The monoisotopic (exact) mass is 668 g/mol. The molecule has 0 bridgehead atoms. The normalized spacial score (nSPS) is 16.3. The van der Waals surface area contributed by atoms with Crippen molar-refractivity contribution in [2.24, 2.45) is 4.99 Å². The van der Waals surface area contributed by atoms with Crippen molar-refractivity contribution in [1.82, 2.24) is 25.0 Å². The van der Waals surface area contributed by atoms with Crippen LogP contribution < -0.4 is 10.1 Å². The summed E-state index contributed by atoms with van der Waals surface area (Å²) in [4.78, 5) is 33.2. The number of hydrogen-bond donors (Lipinski definition) is 1. The van der Waals surface area contributed by atoms with E-state index in [1.165, 1.54) is 5.56 Å². The molecule has 0 saturated carbocycles. The number of nitrogens with one attached hydrogen (secondary N) is 1. The molecule has 2 aliphatic heterocycles. The summed E-state index contributed by atoms with van der Waals surface area (Å²) in [5, 5.41) is 12.4. The van der Waals surface area contributed by atoms with Crippen LogP contribution in [0.4, 0.5) is 4.79 Å². The highest BCUT2D eigenvalue weighted by molar-refractivity contribution is 6.30. The van der Waals surface area contributed by atoms with E-state index < -0.39 is 17.7 Å². The summed E-state index contributed by atoms with van der Waals surface area (Å²) in [5.41, 5.74) is 5.03. The molecule has 0 unspecified atom stereocenters. The number of alkyl carbamates (subject to hydrolysis) is 1. The minimum Gasteiger partial charge on any atom is -0.497 e. The maximum atomic E-state index is 13.9. The lowest BCUT2D eigenvalue weighted by Gasteiger charge is -2.33. The van der Waals surface area contributed by atoms with Gasteiger partial charge in [-0.2, -0.15) is 0 Å². The molecule has 11 heteroatoms. The third kappa shape index (κ3) is 7.39. The highest BCUT2D eigenvalue weighted by atomic mass is 35.5. The summed E-state index contributed by atoms with van der Waals surface area (Å²) in [6.07, 6.45) is 1.42. The van der Waals surface area contributed by atoms with Crippen LogP contribution in [-0.4, -0.2) is 63.2 Å². The van der Waals surface area contributed by atoms with Crippen molar-refractivity contribution >= 4 is 29.3 Å². The summed E-state index contributed by atoms with van der Waals surface area (Å²) in [5.74, 6) is 2.39. The van der Waals surface area contributed by atoms with E-state index in [-0.39, 0.29) is 12.3 Å². The van der Waals surface area contributed by atoms with Gasteiger partial charge in [0.25, 0.3) is 0 Å². The van der Waals surface area contributed by atoms with Gasteiger partial charge in [0.1, 0.15) is 23.2 Å². The lowest BCUT2D eigenvalue weighted by Crippen LogP contribution is -2.38. The van der Waals surface area contributed by atoms with Gasteiger partial charge in [0.15, 0.2) is 5.82 Å².